The van der Waals surface area contributed by atoms with Gasteiger partial charge in [0.15, 0.2) is 5.78 Å². The van der Waals surface area contributed by atoms with Crippen LogP contribution in [0.25, 0.3) is 0 Å². The largest absolute Gasteiger partial charge is 0.497 e. The van der Waals surface area contributed by atoms with E-state index in [4.69, 9.17) is 10.1 Å². The van der Waals surface area contributed by atoms with Crippen molar-refractivity contribution < 1.29 is 23.9 Å². The van der Waals surface area contributed by atoms with E-state index in [9.17, 15) is 19.2 Å². The first kappa shape index (κ1) is 25.8. The van der Waals surface area contributed by atoms with Gasteiger partial charge in [-0.2, -0.15) is 0 Å². The summed E-state index contributed by atoms with van der Waals surface area (Å²) in [4.78, 5) is 48.4. The first-order valence-electron chi connectivity index (χ1n) is 10.3. The highest BCUT2D eigenvalue weighted by molar-refractivity contribution is 6.26. The zero-order valence-corrected chi connectivity index (χ0v) is 18.3. The molecule has 9 heteroatoms. The highest BCUT2D eigenvalue weighted by Crippen LogP contribution is 2.11. The molecule has 1 aromatic rings. The fourth-order valence-corrected chi connectivity index (χ4v) is 2.88. The molecule has 0 heterocycles. The van der Waals surface area contributed by atoms with Gasteiger partial charge < -0.3 is 26.1 Å². The van der Waals surface area contributed by atoms with E-state index in [1.54, 1.807) is 19.2 Å². The number of ether oxygens (including phenoxy) is 1. The van der Waals surface area contributed by atoms with Crippen LogP contribution in [0.4, 0.5) is 0 Å². The molecule has 4 N–H and O–H groups in total. The van der Waals surface area contributed by atoms with E-state index >= 15 is 0 Å². The van der Waals surface area contributed by atoms with Gasteiger partial charge in [0.2, 0.25) is 17.7 Å². The molecule has 3 amide bonds. The highest BCUT2D eigenvalue weighted by atomic mass is 16.5. The van der Waals surface area contributed by atoms with Crippen LogP contribution in [0, 0.1) is 5.41 Å². The fourth-order valence-electron chi connectivity index (χ4n) is 2.88. The van der Waals surface area contributed by atoms with Gasteiger partial charge in [0, 0.05) is 19.9 Å². The topological polar surface area (TPSA) is 137 Å². The predicted molar refractivity (Wildman–Crippen MR) is 117 cm³/mol. The first-order chi connectivity index (χ1) is 14.8. The standard InChI is InChI=1S/C22H32N4O5/c1-4-5-6-19(25-15(2)27)22(30)26-20(12-9-17(28)13-23)21(29)24-14-16-7-10-18(31-3)11-8-16/h7-8,10-11,13,19-20,23H,4-6,9,12,14H2,1-3H3,(H,24,29)(H,25,27)(H,26,30)/t19-,20-/m0/s1. The molecule has 9 nitrogen and oxygen atoms in total. The summed E-state index contributed by atoms with van der Waals surface area (Å²) in [6, 6.07) is 5.44. The molecule has 1 rings (SSSR count). The van der Waals surface area contributed by atoms with Crippen molar-refractivity contribution >= 4 is 29.7 Å². The second kappa shape index (κ2) is 13.9. The van der Waals surface area contributed by atoms with Crippen molar-refractivity contribution in [2.24, 2.45) is 0 Å². The van der Waals surface area contributed by atoms with E-state index in [0.717, 1.165) is 18.4 Å². The molecule has 31 heavy (non-hydrogen) atoms. The van der Waals surface area contributed by atoms with Gasteiger partial charge in [-0.05, 0) is 30.5 Å². The van der Waals surface area contributed by atoms with E-state index in [2.05, 4.69) is 16.0 Å². The summed E-state index contributed by atoms with van der Waals surface area (Å²) in [5.41, 5.74) is 0.842. The Labute approximate surface area is 182 Å². The summed E-state index contributed by atoms with van der Waals surface area (Å²) >= 11 is 0. The highest BCUT2D eigenvalue weighted by Gasteiger charge is 2.26. The van der Waals surface area contributed by atoms with E-state index in [0.29, 0.717) is 18.4 Å². The molecule has 0 saturated carbocycles. The molecular weight excluding hydrogens is 400 g/mol. The Hall–Kier alpha value is -3.23. The van der Waals surface area contributed by atoms with Crippen LogP contribution < -0.4 is 20.7 Å². The molecule has 0 aromatic heterocycles. The molecule has 0 aliphatic rings. The minimum atomic E-state index is -0.965. The smallest absolute Gasteiger partial charge is 0.243 e. The zero-order chi connectivity index (χ0) is 23.2. The summed E-state index contributed by atoms with van der Waals surface area (Å²) < 4.78 is 5.10. The van der Waals surface area contributed by atoms with Crippen LogP contribution in [-0.2, 0) is 25.7 Å². The van der Waals surface area contributed by atoms with Gasteiger partial charge in [0.25, 0.3) is 0 Å². The van der Waals surface area contributed by atoms with Crippen LogP contribution in [0.15, 0.2) is 24.3 Å². The molecule has 1 aromatic carbocycles. The Morgan fingerprint density at radius 3 is 2.23 bits per heavy atom. The van der Waals surface area contributed by atoms with Crippen LogP contribution in [0.2, 0.25) is 0 Å². The number of methoxy groups -OCH3 is 1. The lowest BCUT2D eigenvalue weighted by Gasteiger charge is -2.22. The van der Waals surface area contributed by atoms with Crippen molar-refractivity contribution in [3.05, 3.63) is 29.8 Å². The number of hydrogen-bond acceptors (Lipinski definition) is 6. The summed E-state index contributed by atoms with van der Waals surface area (Å²) in [6.07, 6.45) is 2.72. The number of carbonyl (C=O) groups is 4. The monoisotopic (exact) mass is 432 g/mol. The van der Waals surface area contributed by atoms with Crippen molar-refractivity contribution in [1.29, 1.82) is 5.41 Å². The van der Waals surface area contributed by atoms with Gasteiger partial charge in [-0.1, -0.05) is 31.9 Å². The minimum Gasteiger partial charge on any atom is -0.497 e. The average Bonchev–Trinajstić information content (AvgIpc) is 2.77. The number of Topliss-reactive ketones (excluding diaryl/α,β-unsaturated/α-hetero) is 1. The predicted octanol–water partition coefficient (Wildman–Crippen LogP) is 1.49. The molecule has 0 bridgehead atoms. The van der Waals surface area contributed by atoms with Gasteiger partial charge in [-0.15, -0.1) is 0 Å². The Morgan fingerprint density at radius 1 is 1.03 bits per heavy atom. The van der Waals surface area contributed by atoms with Gasteiger partial charge >= 0.3 is 0 Å². The van der Waals surface area contributed by atoms with Crippen LogP contribution in [0.3, 0.4) is 0 Å². The van der Waals surface area contributed by atoms with Crippen LogP contribution in [0.1, 0.15) is 51.5 Å². The van der Waals surface area contributed by atoms with Gasteiger partial charge in [0.05, 0.1) is 13.3 Å². The van der Waals surface area contributed by atoms with E-state index < -0.39 is 29.7 Å². The number of benzene rings is 1. The second-order valence-electron chi connectivity index (χ2n) is 7.17. The van der Waals surface area contributed by atoms with Crippen molar-refractivity contribution in [3.8, 4) is 5.75 Å². The molecule has 2 atom stereocenters. The maximum absolute atomic E-state index is 12.7. The number of ketones is 1. The third-order valence-electron chi connectivity index (χ3n) is 4.64. The van der Waals surface area contributed by atoms with Gasteiger partial charge in [-0.25, -0.2) is 0 Å². The lowest BCUT2D eigenvalue weighted by molar-refractivity contribution is -0.132. The number of hydrogen-bond donors (Lipinski definition) is 4. The maximum atomic E-state index is 12.7. The molecule has 170 valence electrons. The Bertz CT molecular complexity index is 764. The Kier molecular flexibility index (Phi) is 11.6. The van der Waals surface area contributed by atoms with Crippen molar-refractivity contribution in [2.45, 2.75) is 64.6 Å². The fraction of sp³-hybridized carbons (Fsp3) is 0.500. The van der Waals surface area contributed by atoms with Crippen molar-refractivity contribution in [2.75, 3.05) is 7.11 Å². The van der Waals surface area contributed by atoms with Gasteiger partial charge in [-0.3, -0.25) is 19.2 Å². The molecule has 0 aliphatic heterocycles. The summed E-state index contributed by atoms with van der Waals surface area (Å²) in [6.45, 7) is 3.54. The van der Waals surface area contributed by atoms with Crippen LogP contribution in [-0.4, -0.2) is 48.9 Å². The third kappa shape index (κ3) is 9.88. The minimum absolute atomic E-state index is 0.0506. The first-order valence-corrected chi connectivity index (χ1v) is 10.3. The number of nitrogens with one attached hydrogen (secondary N) is 4. The summed E-state index contributed by atoms with van der Waals surface area (Å²) in [5.74, 6) is -1.00. The molecule has 0 saturated heterocycles. The maximum Gasteiger partial charge on any atom is 0.243 e. The quantitative estimate of drug-likeness (QED) is 0.330. The number of amides is 3. The lowest BCUT2D eigenvalue weighted by atomic mass is 10.1. The van der Waals surface area contributed by atoms with Crippen LogP contribution in [0.5, 0.6) is 5.75 Å². The molecular formula is C22H32N4O5. The molecule has 0 fully saturated rings. The van der Waals surface area contributed by atoms with Gasteiger partial charge in [0.1, 0.15) is 17.8 Å². The van der Waals surface area contributed by atoms with E-state index in [1.165, 1.54) is 6.92 Å². The SMILES string of the molecule is CCCC[C@H](NC(C)=O)C(=O)N[C@@H](CCC(=O)C=N)C(=O)NCc1ccc(OC)cc1. The summed E-state index contributed by atoms with van der Waals surface area (Å²) in [5, 5.41) is 15.0. The molecule has 0 aliphatic carbocycles. The normalized spacial score (nSPS) is 12.2. The van der Waals surface area contributed by atoms with Crippen molar-refractivity contribution in [1.82, 2.24) is 16.0 Å². The summed E-state index contributed by atoms with van der Waals surface area (Å²) in [7, 11) is 1.56. The van der Waals surface area contributed by atoms with Crippen molar-refractivity contribution in [3.63, 3.8) is 0 Å². The third-order valence-corrected chi connectivity index (χ3v) is 4.64. The Morgan fingerprint density at radius 2 is 1.68 bits per heavy atom. The average molecular weight is 433 g/mol. The number of unbranched alkanes of at least 4 members (excludes halogenated alkanes) is 1. The zero-order valence-electron chi connectivity index (χ0n) is 18.3. The van der Waals surface area contributed by atoms with E-state index in [1.807, 2.05) is 19.1 Å². The number of carbonyl (C=O) groups excluding carboxylic acids is 4. The van der Waals surface area contributed by atoms with E-state index in [-0.39, 0.29) is 25.3 Å². The second-order valence-corrected chi connectivity index (χ2v) is 7.17. The molecule has 0 radical (unpaired) electrons. The number of rotatable bonds is 14. The van der Waals surface area contributed by atoms with Crippen LogP contribution >= 0.6 is 0 Å². The molecule has 0 spiro atoms. The molecule has 0 unspecified atom stereocenters. The lowest BCUT2D eigenvalue weighted by Crippen LogP contribution is -2.53. The Balaban J connectivity index is 2.83.